The maximum absolute atomic E-state index is 13.1. The first-order valence-corrected chi connectivity index (χ1v) is 10.7. The Hall–Kier alpha value is -3.61. The quantitative estimate of drug-likeness (QED) is 0.383. The molecule has 6 nitrogen and oxygen atoms in total. The van der Waals surface area contributed by atoms with Gasteiger partial charge in [-0.15, -0.1) is 0 Å². The molecule has 1 saturated heterocycles. The molecule has 0 saturated carbocycles. The summed E-state index contributed by atoms with van der Waals surface area (Å²) in [6.45, 7) is 2.31. The van der Waals surface area contributed by atoms with Gasteiger partial charge in [0, 0.05) is 5.56 Å². The Balaban J connectivity index is 1.65. The van der Waals surface area contributed by atoms with Gasteiger partial charge in [0.2, 0.25) is 0 Å². The number of amides is 4. The van der Waals surface area contributed by atoms with Crippen molar-refractivity contribution in [1.82, 2.24) is 5.32 Å². The van der Waals surface area contributed by atoms with Crippen LogP contribution in [0.1, 0.15) is 16.7 Å². The van der Waals surface area contributed by atoms with Gasteiger partial charge in [0.05, 0.1) is 15.7 Å². The first-order valence-electron chi connectivity index (χ1n) is 9.97. The molecule has 0 aliphatic carbocycles. The van der Waals surface area contributed by atoms with Crippen LogP contribution in [0.4, 0.5) is 10.5 Å². The van der Waals surface area contributed by atoms with Gasteiger partial charge in [0.25, 0.3) is 11.8 Å². The van der Waals surface area contributed by atoms with E-state index in [0.717, 1.165) is 16.0 Å². The number of hydrogen-bond acceptors (Lipinski definition) is 4. The second kappa shape index (κ2) is 9.48. The van der Waals surface area contributed by atoms with Crippen LogP contribution in [0.2, 0.25) is 10.0 Å². The van der Waals surface area contributed by atoms with Crippen molar-refractivity contribution in [3.05, 3.63) is 99.0 Å². The van der Waals surface area contributed by atoms with E-state index >= 15 is 0 Å². The summed E-state index contributed by atoms with van der Waals surface area (Å²) in [5, 5.41) is 2.64. The monoisotopic (exact) mass is 480 g/mol. The van der Waals surface area contributed by atoms with Gasteiger partial charge in [-0.3, -0.25) is 14.9 Å². The summed E-state index contributed by atoms with van der Waals surface area (Å²) in [6, 6.07) is 18.4. The Kier molecular flexibility index (Phi) is 6.49. The second-order valence-corrected chi connectivity index (χ2v) is 8.19. The maximum atomic E-state index is 13.1. The summed E-state index contributed by atoms with van der Waals surface area (Å²) in [6.07, 6.45) is 1.40. The highest BCUT2D eigenvalue weighted by Gasteiger charge is 2.37. The maximum Gasteiger partial charge on any atom is 0.335 e. The van der Waals surface area contributed by atoms with Gasteiger partial charge in [-0.05, 0) is 42.8 Å². The van der Waals surface area contributed by atoms with Crippen molar-refractivity contribution in [2.24, 2.45) is 0 Å². The average molecular weight is 481 g/mol. The third-order valence-corrected chi connectivity index (χ3v) is 5.70. The summed E-state index contributed by atoms with van der Waals surface area (Å²) in [7, 11) is 0. The molecule has 0 bridgehead atoms. The number of hydrogen-bond donors (Lipinski definition) is 1. The number of aryl methyl sites for hydroxylation is 1. The molecule has 8 heteroatoms. The van der Waals surface area contributed by atoms with Crippen molar-refractivity contribution >= 4 is 52.8 Å². The summed E-state index contributed by atoms with van der Waals surface area (Å²) in [4.78, 5) is 38.9. The molecule has 1 N–H and O–H groups in total. The fraction of sp³-hybridized carbons (Fsp3) is 0.0800. The summed E-state index contributed by atoms with van der Waals surface area (Å²) in [5.74, 6) is -1.09. The number of imide groups is 2. The fourth-order valence-electron chi connectivity index (χ4n) is 3.37. The smallest absolute Gasteiger partial charge is 0.335 e. The van der Waals surface area contributed by atoms with Crippen LogP contribution >= 0.6 is 23.2 Å². The Morgan fingerprint density at radius 3 is 2.48 bits per heavy atom. The predicted octanol–water partition coefficient (Wildman–Crippen LogP) is 5.55. The van der Waals surface area contributed by atoms with E-state index in [4.69, 9.17) is 27.9 Å². The number of barbiturate groups is 1. The molecule has 4 rings (SSSR count). The number of para-hydroxylation sites is 1. The molecule has 1 heterocycles. The average Bonchev–Trinajstić information content (AvgIpc) is 2.78. The lowest BCUT2D eigenvalue weighted by Gasteiger charge is -2.26. The van der Waals surface area contributed by atoms with Crippen LogP contribution in [0.25, 0.3) is 6.08 Å². The van der Waals surface area contributed by atoms with Gasteiger partial charge < -0.3 is 4.74 Å². The van der Waals surface area contributed by atoms with Crippen molar-refractivity contribution in [2.75, 3.05) is 4.90 Å². The van der Waals surface area contributed by atoms with E-state index in [2.05, 4.69) is 5.32 Å². The number of benzene rings is 3. The summed E-state index contributed by atoms with van der Waals surface area (Å²) in [5.41, 5.74) is 2.59. The fourth-order valence-corrected chi connectivity index (χ4v) is 3.66. The van der Waals surface area contributed by atoms with Crippen LogP contribution in [-0.2, 0) is 16.2 Å². The SMILES string of the molecule is Cc1cccc(COc2ccccc2/C=C2\C(=O)NC(=O)N(c3ccc(Cl)c(Cl)c3)C2=O)c1. The molecular weight excluding hydrogens is 463 g/mol. The molecule has 1 aliphatic rings. The van der Waals surface area contributed by atoms with Crippen molar-refractivity contribution < 1.29 is 19.1 Å². The summed E-state index contributed by atoms with van der Waals surface area (Å²) < 4.78 is 5.95. The van der Waals surface area contributed by atoms with Gasteiger partial charge in [0.15, 0.2) is 0 Å². The molecule has 0 unspecified atom stereocenters. The number of carbonyl (C=O) groups excluding carboxylic acids is 3. The predicted molar refractivity (Wildman–Crippen MR) is 127 cm³/mol. The molecule has 1 aliphatic heterocycles. The van der Waals surface area contributed by atoms with Crippen LogP contribution in [0.3, 0.4) is 0 Å². The topological polar surface area (TPSA) is 75.7 Å². The second-order valence-electron chi connectivity index (χ2n) is 7.37. The number of nitrogens with one attached hydrogen (secondary N) is 1. The van der Waals surface area contributed by atoms with Crippen LogP contribution in [0, 0.1) is 6.92 Å². The van der Waals surface area contributed by atoms with E-state index in [1.54, 1.807) is 24.3 Å². The molecule has 166 valence electrons. The number of urea groups is 1. The third-order valence-electron chi connectivity index (χ3n) is 4.96. The normalized spacial score (nSPS) is 15.1. The van der Waals surface area contributed by atoms with E-state index < -0.39 is 17.8 Å². The molecule has 0 aromatic heterocycles. The Morgan fingerprint density at radius 1 is 0.939 bits per heavy atom. The van der Waals surface area contributed by atoms with Gasteiger partial charge in [0.1, 0.15) is 17.9 Å². The molecule has 0 radical (unpaired) electrons. The number of carbonyl (C=O) groups is 3. The van der Waals surface area contributed by atoms with Crippen molar-refractivity contribution in [1.29, 1.82) is 0 Å². The first-order chi connectivity index (χ1) is 15.8. The number of nitrogens with zero attached hydrogens (tertiary/aromatic N) is 1. The van der Waals surface area contributed by atoms with Crippen molar-refractivity contribution in [3.63, 3.8) is 0 Å². The van der Waals surface area contributed by atoms with Crippen LogP contribution < -0.4 is 15.0 Å². The molecule has 3 aromatic rings. The number of ether oxygens (including phenoxy) is 1. The van der Waals surface area contributed by atoms with Gasteiger partial charge >= 0.3 is 6.03 Å². The van der Waals surface area contributed by atoms with Crippen LogP contribution in [-0.4, -0.2) is 17.8 Å². The third kappa shape index (κ3) is 4.92. The largest absolute Gasteiger partial charge is 0.488 e. The first kappa shape index (κ1) is 22.6. The lowest BCUT2D eigenvalue weighted by Crippen LogP contribution is -2.54. The van der Waals surface area contributed by atoms with Crippen LogP contribution in [0.5, 0.6) is 5.75 Å². The lowest BCUT2D eigenvalue weighted by molar-refractivity contribution is -0.122. The standard InChI is InChI=1S/C25H18Cl2N2O4/c1-15-5-4-6-16(11-15)14-33-22-8-3-2-7-17(22)12-19-23(30)28-25(32)29(24(19)31)18-9-10-20(26)21(27)13-18/h2-13H,14H2,1H3,(H,28,30,32)/b19-12+. The summed E-state index contributed by atoms with van der Waals surface area (Å²) >= 11 is 12.0. The minimum absolute atomic E-state index is 0.173. The van der Waals surface area contributed by atoms with E-state index in [-0.39, 0.29) is 21.3 Å². The molecule has 33 heavy (non-hydrogen) atoms. The number of anilines is 1. The minimum Gasteiger partial charge on any atom is -0.488 e. The Bertz CT molecular complexity index is 1300. The molecule has 4 amide bonds. The van der Waals surface area contributed by atoms with Crippen molar-refractivity contribution in [3.8, 4) is 5.75 Å². The molecule has 0 atom stereocenters. The van der Waals surface area contributed by atoms with Gasteiger partial charge in [-0.2, -0.15) is 0 Å². The Labute approximate surface area is 200 Å². The van der Waals surface area contributed by atoms with Crippen molar-refractivity contribution in [2.45, 2.75) is 13.5 Å². The van der Waals surface area contributed by atoms with E-state index in [1.165, 1.54) is 24.3 Å². The minimum atomic E-state index is -0.871. The van der Waals surface area contributed by atoms with E-state index in [0.29, 0.717) is 17.9 Å². The number of rotatable bonds is 5. The van der Waals surface area contributed by atoms with E-state index in [1.807, 2.05) is 31.2 Å². The zero-order valence-corrected chi connectivity index (χ0v) is 19.0. The molecular formula is C25H18Cl2N2O4. The number of halogens is 2. The van der Waals surface area contributed by atoms with Crippen LogP contribution in [0.15, 0.2) is 72.3 Å². The molecule has 1 fully saturated rings. The highest BCUT2D eigenvalue weighted by Crippen LogP contribution is 2.30. The van der Waals surface area contributed by atoms with Gasteiger partial charge in [-0.25, -0.2) is 9.69 Å². The zero-order chi connectivity index (χ0) is 23.5. The molecule has 3 aromatic carbocycles. The highest BCUT2D eigenvalue weighted by molar-refractivity contribution is 6.43. The zero-order valence-electron chi connectivity index (χ0n) is 17.5. The Morgan fingerprint density at radius 2 is 1.73 bits per heavy atom. The van der Waals surface area contributed by atoms with E-state index in [9.17, 15) is 14.4 Å². The van der Waals surface area contributed by atoms with Gasteiger partial charge in [-0.1, -0.05) is 71.2 Å². The molecule has 0 spiro atoms. The lowest BCUT2D eigenvalue weighted by atomic mass is 10.1. The highest BCUT2D eigenvalue weighted by atomic mass is 35.5.